The highest BCUT2D eigenvalue weighted by molar-refractivity contribution is 5.88. The number of amides is 4. The third-order valence-corrected chi connectivity index (χ3v) is 12.6. The standard InChI is InChI=1S/C58H54F44N4O29/c1-23(2)29(107)117-13-9-103-33(111)121-19-27(123-35(113)105-11-15-119-31(109)25(5)6)17-115-21-37(59,60)125-39(63,64)41(67,68)127-43(71,72)45(75,76)129-47(79,80)49(83,84)131-51(87,88)53(91,92)133-55(95,96)57(99,100)135-58(101,102)56(97,98)134-54(93,94)52(89,90)132-50(85,86)48(81,82)130-46(77,78)44(73,74)128-42(69,70)40(65,66)126-38(61,62)22-116-18-28(124-36(114)106-12-16-120-32(110)26(7)8)20-122-34(112)104-10-14-118-30(108)24(3)4/h27-28H,1,3,5,7,9-22H2,2,4,6,8H3,(H,103,111)(H,104,112)(H,105,113)(H,106,114). The molecule has 0 bridgehead atoms. The lowest BCUT2D eigenvalue weighted by atomic mass is 10.4. The number of carbonyl (C=O) groups excluding carboxylic acids is 8. The van der Waals surface area contributed by atoms with E-state index in [9.17, 15) is 232 Å². The molecular weight excluding hydrogens is 2050 g/mol. The SMILES string of the molecule is C=C(C)C(=O)OCCNC(=O)OCC(COCC(F)(F)OC(F)(F)C(F)(F)OC(F)(F)C(F)(F)OC(F)(F)C(F)(F)OC(F)(F)C(F)(F)OC(F)(F)C(F)(F)OC(F)(F)C(F)(F)OC(F)(F)C(F)(F)OC(F)(F)C(F)(F)OC(F)(F)C(F)(F)OC(F)(F)C(F)(F)OC(F)(F)COCC(COC(=O)NCCOC(=O)C(=C)C)OC(=O)NCCOC(=O)C(=C)C)OC(=O)NCCOC(=O)C(=C)C. The minimum atomic E-state index is -8.93. The van der Waals surface area contributed by atoms with Gasteiger partial charge in [-0.25, -0.2) is 90.5 Å². The van der Waals surface area contributed by atoms with Gasteiger partial charge in [-0.15, -0.1) is 0 Å². The second kappa shape index (κ2) is 45.7. The molecule has 4 N–H and O–H groups in total. The summed E-state index contributed by atoms with van der Waals surface area (Å²) in [6, 6.07) is 0. The average molecular weight is 2110 g/mol. The molecule has 0 radical (unpaired) electrons. The smallest absolute Gasteiger partial charge is 0.453 e. The molecule has 0 aromatic carbocycles. The van der Waals surface area contributed by atoms with Crippen LogP contribution in [0.4, 0.5) is 212 Å². The van der Waals surface area contributed by atoms with Crippen LogP contribution in [0.3, 0.4) is 0 Å². The molecule has 0 aliphatic carbocycles. The number of nitrogens with one attached hydrogen (secondary N) is 4. The average Bonchev–Trinajstić information content (AvgIpc) is 0.746. The zero-order chi connectivity index (χ0) is 107. The second-order valence-corrected chi connectivity index (χ2v) is 24.4. The van der Waals surface area contributed by atoms with Crippen molar-refractivity contribution in [3.05, 3.63) is 48.6 Å². The number of hydrogen-bond acceptors (Lipinski definition) is 29. The van der Waals surface area contributed by atoms with Crippen LogP contribution in [-0.2, 0) is 119 Å². The first-order valence-electron chi connectivity index (χ1n) is 33.1. The lowest BCUT2D eigenvalue weighted by molar-refractivity contribution is -0.604. The number of alkyl carbamates (subject to hydrolysis) is 4. The maximum Gasteiger partial charge on any atom is 0.453 e. The Morgan fingerprint density at radius 1 is 0.215 bits per heavy atom. The van der Waals surface area contributed by atoms with E-state index in [1.165, 1.54) is 9.47 Å². The monoisotopic (exact) mass is 2110 g/mol. The number of halogens is 44. The Bertz CT molecular complexity index is 3810. The quantitative estimate of drug-likeness (QED) is 0.0144. The minimum Gasteiger partial charge on any atom is -0.460 e. The topological polar surface area (TPSA) is 379 Å². The number of esters is 4. The Balaban J connectivity index is 6.60. The van der Waals surface area contributed by atoms with Crippen LogP contribution >= 0.6 is 0 Å². The highest BCUT2D eigenvalue weighted by Gasteiger charge is 2.84. The minimum absolute atomic E-state index is 0.181. The Morgan fingerprint density at radius 2 is 0.356 bits per heavy atom. The zero-order valence-electron chi connectivity index (χ0n) is 65.4. The van der Waals surface area contributed by atoms with Crippen molar-refractivity contribution in [2.75, 3.05) is 92.2 Å². The normalized spacial score (nSPS) is 14.6. The van der Waals surface area contributed by atoms with Gasteiger partial charge in [-0.05, 0) is 27.7 Å². The van der Waals surface area contributed by atoms with Gasteiger partial charge < -0.3 is 68.6 Å². The molecule has 0 aliphatic rings. The summed E-state index contributed by atoms with van der Waals surface area (Å²) in [6.45, 7) is -0.925. The van der Waals surface area contributed by atoms with E-state index in [-0.39, 0.29) is 22.3 Å². The van der Waals surface area contributed by atoms with Crippen molar-refractivity contribution in [3.63, 3.8) is 0 Å². The predicted octanol–water partition coefficient (Wildman–Crippen LogP) is 14.4. The zero-order valence-corrected chi connectivity index (χ0v) is 65.4. The van der Waals surface area contributed by atoms with Gasteiger partial charge in [0.1, 0.15) is 52.9 Å². The van der Waals surface area contributed by atoms with Crippen LogP contribution in [0, 0.1) is 0 Å². The van der Waals surface area contributed by atoms with E-state index in [1.54, 1.807) is 10.6 Å². The number of alkyl halides is 44. The van der Waals surface area contributed by atoms with Crippen molar-refractivity contribution in [1.82, 2.24) is 21.3 Å². The van der Waals surface area contributed by atoms with Crippen LogP contribution in [0.2, 0.25) is 0 Å². The van der Waals surface area contributed by atoms with E-state index in [4.69, 9.17) is 0 Å². The van der Waals surface area contributed by atoms with Gasteiger partial charge in [-0.2, -0.15) is 193 Å². The summed E-state index contributed by atoms with van der Waals surface area (Å²) in [5, 5.41) is 7.14. The maximum absolute atomic E-state index is 14.4. The summed E-state index contributed by atoms with van der Waals surface area (Å²) in [5.41, 5.74) is -0.812. The van der Waals surface area contributed by atoms with Gasteiger partial charge in [0.25, 0.3) is 0 Å². The molecule has 0 saturated carbocycles. The van der Waals surface area contributed by atoms with Crippen LogP contribution < -0.4 is 21.3 Å². The number of hydrogen-bond donors (Lipinski definition) is 4. The summed E-state index contributed by atoms with van der Waals surface area (Å²) in [6.07, 6.45) is -196. The fourth-order valence-electron chi connectivity index (χ4n) is 6.43. The molecule has 0 aromatic rings. The van der Waals surface area contributed by atoms with Gasteiger partial charge in [0.05, 0.1) is 39.4 Å². The molecule has 135 heavy (non-hydrogen) atoms. The fourth-order valence-corrected chi connectivity index (χ4v) is 6.43. The van der Waals surface area contributed by atoms with Crippen molar-refractivity contribution in [2.24, 2.45) is 0 Å². The molecule has 4 amide bonds. The van der Waals surface area contributed by atoms with Gasteiger partial charge >= 0.3 is 183 Å². The Labute approximate surface area is 715 Å². The maximum atomic E-state index is 14.4. The molecule has 0 fully saturated rings. The van der Waals surface area contributed by atoms with E-state index in [2.05, 4.69) is 83.2 Å². The third-order valence-electron chi connectivity index (χ3n) is 12.6. The Hall–Kier alpha value is -9.68. The van der Waals surface area contributed by atoms with Crippen molar-refractivity contribution < 1.29 is 331 Å². The van der Waals surface area contributed by atoms with E-state index in [0.29, 0.717) is 0 Å². The number of ether oxygens (including phenoxy) is 21. The van der Waals surface area contributed by atoms with E-state index < -0.39 is 287 Å². The number of rotatable bonds is 62. The van der Waals surface area contributed by atoms with Crippen LogP contribution in [0.1, 0.15) is 27.7 Å². The van der Waals surface area contributed by atoms with Crippen LogP contribution in [0.15, 0.2) is 48.6 Å². The Kier molecular flexibility index (Phi) is 42.5. The highest BCUT2D eigenvalue weighted by Crippen LogP contribution is 2.58. The van der Waals surface area contributed by atoms with Gasteiger partial charge in [0, 0.05) is 22.3 Å². The molecule has 33 nitrogen and oxygen atoms in total. The molecule has 0 spiro atoms. The summed E-state index contributed by atoms with van der Waals surface area (Å²) in [7, 11) is 0. The molecule has 0 rings (SSSR count). The number of carbonyl (C=O) groups is 8. The summed E-state index contributed by atoms with van der Waals surface area (Å²) in [4.78, 5) is 94.2. The summed E-state index contributed by atoms with van der Waals surface area (Å²) in [5.74, 6) is -4.23. The first-order valence-corrected chi connectivity index (χ1v) is 33.1. The third kappa shape index (κ3) is 37.6. The van der Waals surface area contributed by atoms with Crippen LogP contribution in [-0.4, -0.2) is 287 Å². The van der Waals surface area contributed by atoms with E-state index in [0.717, 1.165) is 60.9 Å². The van der Waals surface area contributed by atoms with E-state index in [1.807, 2.05) is 10.6 Å². The van der Waals surface area contributed by atoms with Gasteiger partial charge in [-0.1, -0.05) is 26.3 Å². The van der Waals surface area contributed by atoms with Crippen molar-refractivity contribution in [1.29, 1.82) is 0 Å². The second-order valence-electron chi connectivity index (χ2n) is 24.4. The Morgan fingerprint density at radius 3 is 0.504 bits per heavy atom. The van der Waals surface area contributed by atoms with Gasteiger partial charge in [0.2, 0.25) is 0 Å². The van der Waals surface area contributed by atoms with Gasteiger partial charge in [-0.3, -0.25) is 0 Å². The molecule has 0 aromatic heterocycles. The molecule has 77 heteroatoms. The molecule has 0 heterocycles. The summed E-state index contributed by atoms with van der Waals surface area (Å²) >= 11 is 0. The molecule has 2 unspecified atom stereocenters. The van der Waals surface area contributed by atoms with Crippen LogP contribution in [0.5, 0.6) is 0 Å². The van der Waals surface area contributed by atoms with Crippen LogP contribution in [0.25, 0.3) is 0 Å². The largest absolute Gasteiger partial charge is 0.460 e. The van der Waals surface area contributed by atoms with Gasteiger partial charge in [0.15, 0.2) is 12.2 Å². The van der Waals surface area contributed by atoms with Crippen molar-refractivity contribution in [3.8, 4) is 0 Å². The van der Waals surface area contributed by atoms with Crippen molar-refractivity contribution >= 4 is 48.3 Å². The highest BCUT2D eigenvalue weighted by atomic mass is 19.4. The predicted molar refractivity (Wildman–Crippen MR) is 321 cm³/mol. The first kappa shape index (κ1) is 125. The molecule has 0 aliphatic heterocycles. The van der Waals surface area contributed by atoms with Crippen molar-refractivity contribution in [2.45, 2.75) is 174 Å². The lowest BCUT2D eigenvalue weighted by Crippen LogP contribution is -2.63. The molecule has 0 saturated heterocycles. The molecule has 788 valence electrons. The summed E-state index contributed by atoms with van der Waals surface area (Å²) < 4.78 is 684. The lowest BCUT2D eigenvalue weighted by Gasteiger charge is -2.38. The first-order chi connectivity index (χ1) is 59.9. The molecular formula is C58H54F44N4O29. The fraction of sp³-hybridized carbons (Fsp3) is 0.724. The van der Waals surface area contributed by atoms with E-state index >= 15 is 0 Å². The molecule has 2 atom stereocenters.